The van der Waals surface area contributed by atoms with Gasteiger partial charge in [0.1, 0.15) is 5.82 Å². The van der Waals surface area contributed by atoms with Crippen LogP contribution >= 0.6 is 11.3 Å². The van der Waals surface area contributed by atoms with Gasteiger partial charge in [-0.1, -0.05) is 17.7 Å². The second-order valence-electron chi connectivity index (χ2n) is 6.73. The lowest BCUT2D eigenvalue weighted by Crippen LogP contribution is -2.48. The average molecular weight is 418 g/mol. The fourth-order valence-electron chi connectivity index (χ4n) is 3.14. The van der Waals surface area contributed by atoms with Gasteiger partial charge in [-0.05, 0) is 43.3 Å². The molecule has 0 atom stereocenters. The number of sulfonamides is 1. The minimum atomic E-state index is -3.47. The third kappa shape index (κ3) is 3.80. The number of benzene rings is 2. The number of nitrogens with zero attached hydrogens (tertiary/aromatic N) is 3. The molecule has 1 aromatic heterocycles. The maximum absolute atomic E-state index is 13.1. The maximum Gasteiger partial charge on any atom is 0.243 e. The number of rotatable bonds is 4. The molecule has 4 rings (SSSR count). The zero-order valence-corrected chi connectivity index (χ0v) is 17.0. The van der Waals surface area contributed by atoms with E-state index in [4.69, 9.17) is 0 Å². The predicted octanol–water partition coefficient (Wildman–Crippen LogP) is 3.77. The molecule has 146 valence electrons. The van der Waals surface area contributed by atoms with E-state index in [0.717, 1.165) is 22.0 Å². The van der Waals surface area contributed by atoms with Crippen molar-refractivity contribution in [2.45, 2.75) is 11.8 Å². The Kier molecular flexibility index (Phi) is 5.18. The Bertz CT molecular complexity index is 1060. The van der Waals surface area contributed by atoms with Crippen LogP contribution in [0.15, 0.2) is 58.8 Å². The van der Waals surface area contributed by atoms with Crippen LogP contribution in [-0.2, 0) is 10.0 Å². The number of hydrogen-bond acceptors (Lipinski definition) is 5. The van der Waals surface area contributed by atoms with Crippen molar-refractivity contribution in [2.24, 2.45) is 0 Å². The van der Waals surface area contributed by atoms with Crippen molar-refractivity contribution in [1.82, 2.24) is 9.29 Å². The molecule has 1 aliphatic heterocycles. The van der Waals surface area contributed by atoms with Crippen LogP contribution in [0.5, 0.6) is 0 Å². The fraction of sp³-hybridized carbons (Fsp3) is 0.250. The molecule has 3 aromatic rings. The van der Waals surface area contributed by atoms with Crippen molar-refractivity contribution < 1.29 is 12.8 Å². The number of hydrogen-bond donors (Lipinski definition) is 0. The van der Waals surface area contributed by atoms with Crippen LogP contribution in [0.25, 0.3) is 11.3 Å². The third-order valence-corrected chi connectivity index (χ3v) is 7.61. The summed E-state index contributed by atoms with van der Waals surface area (Å²) in [7, 11) is -3.47. The zero-order valence-electron chi connectivity index (χ0n) is 15.4. The van der Waals surface area contributed by atoms with Crippen molar-refractivity contribution in [1.29, 1.82) is 0 Å². The molecule has 8 heteroatoms. The molecule has 0 N–H and O–H groups in total. The molecule has 1 fully saturated rings. The van der Waals surface area contributed by atoms with Crippen molar-refractivity contribution in [2.75, 3.05) is 31.1 Å². The van der Waals surface area contributed by atoms with E-state index in [9.17, 15) is 12.8 Å². The number of thiazole rings is 1. The van der Waals surface area contributed by atoms with E-state index in [-0.39, 0.29) is 5.82 Å². The van der Waals surface area contributed by atoms with Gasteiger partial charge < -0.3 is 4.90 Å². The number of aromatic nitrogens is 1. The van der Waals surface area contributed by atoms with E-state index in [0.29, 0.717) is 31.1 Å². The van der Waals surface area contributed by atoms with Crippen molar-refractivity contribution in [3.8, 4) is 11.3 Å². The first-order valence-corrected chi connectivity index (χ1v) is 11.3. The summed E-state index contributed by atoms with van der Waals surface area (Å²) < 4.78 is 40.3. The van der Waals surface area contributed by atoms with Gasteiger partial charge in [-0.25, -0.2) is 17.8 Å². The number of anilines is 1. The molecule has 0 saturated carbocycles. The number of halogens is 1. The molecule has 2 aromatic carbocycles. The van der Waals surface area contributed by atoms with Crippen molar-refractivity contribution in [3.05, 3.63) is 65.3 Å². The summed E-state index contributed by atoms with van der Waals surface area (Å²) in [5, 5.41) is 2.80. The van der Waals surface area contributed by atoms with Crippen LogP contribution in [0.1, 0.15) is 5.56 Å². The lowest BCUT2D eigenvalue weighted by atomic mass is 10.2. The minimum Gasteiger partial charge on any atom is -0.345 e. The highest BCUT2D eigenvalue weighted by Gasteiger charge is 2.29. The molecule has 0 spiro atoms. The van der Waals surface area contributed by atoms with E-state index in [1.807, 2.05) is 24.4 Å². The molecular formula is C20H20FN3O2S2. The van der Waals surface area contributed by atoms with Gasteiger partial charge in [-0.2, -0.15) is 4.31 Å². The van der Waals surface area contributed by atoms with Crippen LogP contribution in [0, 0.1) is 12.7 Å². The lowest BCUT2D eigenvalue weighted by Gasteiger charge is -2.33. The van der Waals surface area contributed by atoms with Crippen LogP contribution in [0.2, 0.25) is 0 Å². The fourth-order valence-corrected chi connectivity index (χ4v) is 5.45. The third-order valence-electron chi connectivity index (χ3n) is 4.80. The molecule has 28 heavy (non-hydrogen) atoms. The molecule has 1 aliphatic rings. The molecule has 5 nitrogen and oxygen atoms in total. The Hall–Kier alpha value is -2.29. The minimum absolute atomic E-state index is 0.273. The first-order chi connectivity index (χ1) is 13.4. The molecular weight excluding hydrogens is 397 g/mol. The average Bonchev–Trinajstić information content (AvgIpc) is 3.19. The second-order valence-corrected chi connectivity index (χ2v) is 9.50. The molecule has 0 radical (unpaired) electrons. The topological polar surface area (TPSA) is 53.5 Å². The Morgan fingerprint density at radius 2 is 1.61 bits per heavy atom. The first-order valence-electron chi connectivity index (χ1n) is 8.97. The SMILES string of the molecule is Cc1ccc(S(=O)(=O)N2CCN(c3nc(-c4ccc(F)cc4)cs3)CC2)cc1. The van der Waals surface area contributed by atoms with Gasteiger partial charge in [0.15, 0.2) is 5.13 Å². The summed E-state index contributed by atoms with van der Waals surface area (Å²) in [6, 6.07) is 13.2. The van der Waals surface area contributed by atoms with E-state index in [2.05, 4.69) is 9.88 Å². The van der Waals surface area contributed by atoms with E-state index >= 15 is 0 Å². The largest absolute Gasteiger partial charge is 0.345 e. The normalized spacial score (nSPS) is 15.7. The Balaban J connectivity index is 1.44. The quantitative estimate of drug-likeness (QED) is 0.649. The lowest BCUT2D eigenvalue weighted by molar-refractivity contribution is 0.385. The van der Waals surface area contributed by atoms with Crippen LogP contribution in [0.3, 0.4) is 0 Å². The summed E-state index contributed by atoms with van der Waals surface area (Å²) in [5.41, 5.74) is 2.70. The molecule has 0 aliphatic carbocycles. The summed E-state index contributed by atoms with van der Waals surface area (Å²) in [6.07, 6.45) is 0. The number of aryl methyl sites for hydroxylation is 1. The highest BCUT2D eigenvalue weighted by molar-refractivity contribution is 7.89. The highest BCUT2D eigenvalue weighted by atomic mass is 32.2. The molecule has 0 unspecified atom stereocenters. The molecule has 2 heterocycles. The van der Waals surface area contributed by atoms with Crippen molar-refractivity contribution in [3.63, 3.8) is 0 Å². The number of piperazine rings is 1. The summed E-state index contributed by atoms with van der Waals surface area (Å²) in [5.74, 6) is -0.273. The van der Waals surface area contributed by atoms with E-state index < -0.39 is 10.0 Å². The van der Waals surface area contributed by atoms with Gasteiger partial charge in [-0.3, -0.25) is 0 Å². The van der Waals surface area contributed by atoms with E-state index in [1.54, 1.807) is 24.3 Å². The van der Waals surface area contributed by atoms with E-state index in [1.165, 1.54) is 27.8 Å². The van der Waals surface area contributed by atoms with Gasteiger partial charge in [0, 0.05) is 37.1 Å². The summed E-state index contributed by atoms with van der Waals surface area (Å²) in [6.45, 7) is 3.94. The van der Waals surface area contributed by atoms with Gasteiger partial charge in [0.05, 0.1) is 10.6 Å². The Morgan fingerprint density at radius 3 is 2.25 bits per heavy atom. The van der Waals surface area contributed by atoms with Crippen LogP contribution in [0.4, 0.5) is 9.52 Å². The van der Waals surface area contributed by atoms with Gasteiger partial charge in [0.25, 0.3) is 0 Å². The summed E-state index contributed by atoms with van der Waals surface area (Å²) in [4.78, 5) is 7.07. The predicted molar refractivity (Wildman–Crippen MR) is 110 cm³/mol. The zero-order chi connectivity index (χ0) is 19.7. The Labute approximate surface area is 168 Å². The summed E-state index contributed by atoms with van der Waals surface area (Å²) >= 11 is 1.51. The molecule has 1 saturated heterocycles. The highest BCUT2D eigenvalue weighted by Crippen LogP contribution is 2.29. The van der Waals surface area contributed by atoms with Crippen LogP contribution in [-0.4, -0.2) is 43.9 Å². The second kappa shape index (κ2) is 7.62. The standard InChI is InChI=1S/C20H20FN3O2S2/c1-15-2-8-18(9-3-15)28(25,26)24-12-10-23(11-13-24)20-22-19(14-27-20)16-4-6-17(21)7-5-16/h2-9,14H,10-13H2,1H3. The van der Waals surface area contributed by atoms with Gasteiger partial charge in [0.2, 0.25) is 10.0 Å². The first kappa shape index (κ1) is 19.0. The maximum atomic E-state index is 13.1. The van der Waals surface area contributed by atoms with Gasteiger partial charge >= 0.3 is 0 Å². The van der Waals surface area contributed by atoms with Crippen LogP contribution < -0.4 is 4.90 Å². The van der Waals surface area contributed by atoms with Gasteiger partial charge in [-0.15, -0.1) is 11.3 Å². The smallest absolute Gasteiger partial charge is 0.243 e. The monoisotopic (exact) mass is 417 g/mol. The van der Waals surface area contributed by atoms with Crippen molar-refractivity contribution >= 4 is 26.5 Å². The molecule has 0 bridgehead atoms. The Morgan fingerprint density at radius 1 is 0.964 bits per heavy atom. The molecule has 0 amide bonds.